The van der Waals surface area contributed by atoms with Crippen molar-refractivity contribution in [2.24, 2.45) is 4.99 Å². The van der Waals surface area contributed by atoms with Crippen LogP contribution in [0.1, 0.15) is 21.5 Å². The molecule has 30 heavy (non-hydrogen) atoms. The maximum absolute atomic E-state index is 11.7. The number of ether oxygens (including phenoxy) is 2. The summed E-state index contributed by atoms with van der Waals surface area (Å²) in [7, 11) is 6.69. The standard InChI is InChI=1S/C22H30N4O3.HI/c1-23-21(27)18-7-5-6-16(14-18)10-12-25-22(24-2)26-13-11-17-15-19(28-3)8-9-20(17)29-4;/h5-9,14-15H,10-13H2,1-4H3,(H,23,27)(H2,24,25,26);1H. The lowest BCUT2D eigenvalue weighted by molar-refractivity contribution is 0.0963. The predicted octanol–water partition coefficient (Wildman–Crippen LogP) is 2.63. The van der Waals surface area contributed by atoms with Gasteiger partial charge in [-0.3, -0.25) is 9.79 Å². The summed E-state index contributed by atoms with van der Waals surface area (Å²) < 4.78 is 10.7. The van der Waals surface area contributed by atoms with Gasteiger partial charge in [0.15, 0.2) is 5.96 Å². The van der Waals surface area contributed by atoms with Crippen molar-refractivity contribution in [3.8, 4) is 11.5 Å². The minimum atomic E-state index is -0.0785. The van der Waals surface area contributed by atoms with Gasteiger partial charge in [-0.1, -0.05) is 12.1 Å². The molecule has 3 N–H and O–H groups in total. The summed E-state index contributed by atoms with van der Waals surface area (Å²) in [6.45, 7) is 1.41. The predicted molar refractivity (Wildman–Crippen MR) is 132 cm³/mol. The molecule has 0 unspecified atom stereocenters. The lowest BCUT2D eigenvalue weighted by Gasteiger charge is -2.14. The summed E-state index contributed by atoms with van der Waals surface area (Å²) in [5.41, 5.74) is 2.83. The Balaban J connectivity index is 0.00000450. The van der Waals surface area contributed by atoms with Gasteiger partial charge in [0.2, 0.25) is 0 Å². The number of aliphatic imine (C=N–C) groups is 1. The van der Waals surface area contributed by atoms with E-state index in [1.807, 2.05) is 42.5 Å². The fourth-order valence-electron chi connectivity index (χ4n) is 2.95. The summed E-state index contributed by atoms with van der Waals surface area (Å²) in [4.78, 5) is 16.0. The molecule has 7 nitrogen and oxygen atoms in total. The van der Waals surface area contributed by atoms with E-state index in [-0.39, 0.29) is 29.9 Å². The van der Waals surface area contributed by atoms with Crippen molar-refractivity contribution >= 4 is 35.8 Å². The van der Waals surface area contributed by atoms with Crippen molar-refractivity contribution in [3.05, 3.63) is 59.2 Å². The molecular formula is C22H31IN4O3. The number of methoxy groups -OCH3 is 2. The number of rotatable bonds is 9. The highest BCUT2D eigenvalue weighted by molar-refractivity contribution is 14.0. The zero-order valence-electron chi connectivity index (χ0n) is 18.0. The average Bonchev–Trinajstić information content (AvgIpc) is 2.77. The van der Waals surface area contributed by atoms with Crippen molar-refractivity contribution in [2.75, 3.05) is 41.4 Å². The van der Waals surface area contributed by atoms with Gasteiger partial charge in [0, 0.05) is 32.7 Å². The maximum atomic E-state index is 11.7. The lowest BCUT2D eigenvalue weighted by Crippen LogP contribution is -2.39. The number of hydrogen-bond donors (Lipinski definition) is 3. The fourth-order valence-corrected chi connectivity index (χ4v) is 2.95. The number of carbonyl (C=O) groups is 1. The summed E-state index contributed by atoms with van der Waals surface area (Å²) in [6, 6.07) is 13.4. The number of carbonyl (C=O) groups excluding carboxylic acids is 1. The molecule has 0 heterocycles. The largest absolute Gasteiger partial charge is 0.497 e. The highest BCUT2D eigenvalue weighted by Gasteiger charge is 2.06. The molecule has 2 rings (SSSR count). The van der Waals surface area contributed by atoms with Crippen molar-refractivity contribution < 1.29 is 14.3 Å². The van der Waals surface area contributed by atoms with E-state index in [4.69, 9.17) is 9.47 Å². The number of halogens is 1. The molecule has 164 valence electrons. The number of benzene rings is 2. The topological polar surface area (TPSA) is 84.0 Å². The summed E-state index contributed by atoms with van der Waals surface area (Å²) >= 11 is 0. The van der Waals surface area contributed by atoms with E-state index >= 15 is 0 Å². The second kappa shape index (κ2) is 13.7. The molecule has 0 fully saturated rings. The minimum absolute atomic E-state index is 0. The van der Waals surface area contributed by atoms with E-state index in [0.29, 0.717) is 18.7 Å². The van der Waals surface area contributed by atoms with E-state index in [9.17, 15) is 4.79 Å². The van der Waals surface area contributed by atoms with Gasteiger partial charge in [0.05, 0.1) is 14.2 Å². The maximum Gasteiger partial charge on any atom is 0.251 e. The number of guanidine groups is 1. The Bertz CT molecular complexity index is 843. The Hall–Kier alpha value is -2.49. The molecule has 0 aliphatic carbocycles. The molecule has 0 atom stereocenters. The third-order valence-corrected chi connectivity index (χ3v) is 4.52. The van der Waals surface area contributed by atoms with E-state index in [1.165, 1.54) is 0 Å². The summed E-state index contributed by atoms with van der Waals surface area (Å²) in [5, 5.41) is 9.25. The molecule has 0 saturated carbocycles. The first-order valence-corrected chi connectivity index (χ1v) is 9.57. The van der Waals surface area contributed by atoms with Crippen molar-refractivity contribution in [1.82, 2.24) is 16.0 Å². The first-order valence-electron chi connectivity index (χ1n) is 9.57. The summed E-state index contributed by atoms with van der Waals surface area (Å²) in [6.07, 6.45) is 1.56. The van der Waals surface area contributed by atoms with Gasteiger partial charge in [-0.25, -0.2) is 0 Å². The van der Waals surface area contributed by atoms with Gasteiger partial charge in [-0.15, -0.1) is 24.0 Å². The molecule has 0 aliphatic rings. The van der Waals surface area contributed by atoms with Gasteiger partial charge in [0.25, 0.3) is 5.91 Å². The molecule has 0 radical (unpaired) electrons. The molecule has 0 bridgehead atoms. The Morgan fingerprint density at radius 1 is 1.00 bits per heavy atom. The molecule has 0 saturated heterocycles. The molecule has 2 aromatic carbocycles. The van der Waals surface area contributed by atoms with Crippen LogP contribution in [0.25, 0.3) is 0 Å². The molecule has 0 aromatic heterocycles. The second-order valence-electron chi connectivity index (χ2n) is 6.38. The first-order chi connectivity index (χ1) is 14.1. The van der Waals surface area contributed by atoms with Gasteiger partial charge in [-0.2, -0.15) is 0 Å². The Kier molecular flexibility index (Phi) is 11.7. The van der Waals surface area contributed by atoms with Gasteiger partial charge < -0.3 is 25.4 Å². The molecule has 0 spiro atoms. The molecule has 8 heteroatoms. The van der Waals surface area contributed by atoms with Gasteiger partial charge in [0.1, 0.15) is 11.5 Å². The Morgan fingerprint density at radius 2 is 1.73 bits per heavy atom. The molecule has 2 aromatic rings. The third-order valence-electron chi connectivity index (χ3n) is 4.52. The highest BCUT2D eigenvalue weighted by atomic mass is 127. The first kappa shape index (κ1) is 25.5. The van der Waals surface area contributed by atoms with E-state index in [2.05, 4.69) is 20.9 Å². The van der Waals surface area contributed by atoms with Crippen LogP contribution in [0.4, 0.5) is 0 Å². The fraction of sp³-hybridized carbons (Fsp3) is 0.364. The van der Waals surface area contributed by atoms with Crippen molar-refractivity contribution in [2.45, 2.75) is 12.8 Å². The number of hydrogen-bond acceptors (Lipinski definition) is 4. The van der Waals surface area contributed by atoms with Crippen LogP contribution in [-0.2, 0) is 12.8 Å². The van der Waals surface area contributed by atoms with Crippen molar-refractivity contribution in [1.29, 1.82) is 0 Å². The quantitative estimate of drug-likeness (QED) is 0.266. The van der Waals surface area contributed by atoms with Crippen LogP contribution in [0.15, 0.2) is 47.5 Å². The zero-order chi connectivity index (χ0) is 21.1. The minimum Gasteiger partial charge on any atom is -0.497 e. The van der Waals surface area contributed by atoms with E-state index in [0.717, 1.165) is 41.4 Å². The van der Waals surface area contributed by atoms with Crippen LogP contribution < -0.4 is 25.4 Å². The van der Waals surface area contributed by atoms with Gasteiger partial charge >= 0.3 is 0 Å². The average molecular weight is 526 g/mol. The molecule has 0 aliphatic heterocycles. The second-order valence-corrected chi connectivity index (χ2v) is 6.38. The van der Waals surface area contributed by atoms with Crippen LogP contribution in [0.3, 0.4) is 0 Å². The van der Waals surface area contributed by atoms with Crippen LogP contribution in [-0.4, -0.2) is 53.3 Å². The zero-order valence-corrected chi connectivity index (χ0v) is 20.3. The van der Waals surface area contributed by atoms with E-state index < -0.39 is 0 Å². The van der Waals surface area contributed by atoms with Gasteiger partial charge in [-0.05, 0) is 54.3 Å². The Morgan fingerprint density at radius 3 is 2.37 bits per heavy atom. The summed E-state index contributed by atoms with van der Waals surface area (Å²) in [5.74, 6) is 2.30. The van der Waals surface area contributed by atoms with Crippen molar-refractivity contribution in [3.63, 3.8) is 0 Å². The van der Waals surface area contributed by atoms with Crippen LogP contribution in [0, 0.1) is 0 Å². The SMILES string of the molecule is CN=C(NCCc1cccc(C(=O)NC)c1)NCCc1cc(OC)ccc1OC.I. The third kappa shape index (κ3) is 7.74. The monoisotopic (exact) mass is 526 g/mol. The normalized spacial score (nSPS) is 10.6. The lowest BCUT2D eigenvalue weighted by atomic mass is 10.1. The van der Waals surface area contributed by atoms with Crippen LogP contribution in [0.2, 0.25) is 0 Å². The molecular weight excluding hydrogens is 495 g/mol. The number of amides is 1. The smallest absolute Gasteiger partial charge is 0.251 e. The highest BCUT2D eigenvalue weighted by Crippen LogP contribution is 2.24. The Labute approximate surface area is 195 Å². The number of nitrogens with zero attached hydrogens (tertiary/aromatic N) is 1. The van der Waals surface area contributed by atoms with Crippen LogP contribution in [0.5, 0.6) is 11.5 Å². The van der Waals surface area contributed by atoms with Crippen LogP contribution >= 0.6 is 24.0 Å². The van der Waals surface area contributed by atoms with E-state index in [1.54, 1.807) is 28.3 Å². The number of nitrogens with one attached hydrogen (secondary N) is 3. The molecule has 1 amide bonds.